The van der Waals surface area contributed by atoms with Gasteiger partial charge in [0, 0.05) is 24.9 Å². The number of halogens is 1. The van der Waals surface area contributed by atoms with Crippen LogP contribution >= 0.6 is 0 Å². The number of carbonyl (C=O) groups is 3. The smallest absolute Gasteiger partial charge is 0.414 e. The summed E-state index contributed by atoms with van der Waals surface area (Å²) in [7, 11) is 0. The average Bonchev–Trinajstić information content (AvgIpc) is 3.18. The van der Waals surface area contributed by atoms with E-state index < -0.39 is 18.0 Å². The summed E-state index contributed by atoms with van der Waals surface area (Å²) in [6, 6.07) is 12.4. The van der Waals surface area contributed by atoms with Crippen LogP contribution in [0.3, 0.4) is 0 Å². The van der Waals surface area contributed by atoms with Gasteiger partial charge in [-0.2, -0.15) is 0 Å². The molecule has 33 heavy (non-hydrogen) atoms. The number of benzene rings is 2. The van der Waals surface area contributed by atoms with Gasteiger partial charge in [-0.3, -0.25) is 14.5 Å². The number of cyclic esters (lactones) is 1. The SMILES string of the molecule is CC(=O)NC[C@H]1CN(c2ccc(-c3ccc(CC[C@H]4CCCNC4=O)cc3)c(F)c2)C(=O)O1. The minimum atomic E-state index is -0.562. The third-order valence-electron chi connectivity index (χ3n) is 6.16. The molecular formula is C25H28FN3O4. The normalized spacial score (nSPS) is 20.4. The van der Waals surface area contributed by atoms with Gasteiger partial charge in [0.15, 0.2) is 0 Å². The highest BCUT2D eigenvalue weighted by atomic mass is 19.1. The number of aryl methyl sites for hydroxylation is 1. The lowest BCUT2D eigenvalue weighted by molar-refractivity contribution is -0.126. The fraction of sp³-hybridized carbons (Fsp3) is 0.400. The predicted molar refractivity (Wildman–Crippen MR) is 122 cm³/mol. The minimum Gasteiger partial charge on any atom is -0.442 e. The topological polar surface area (TPSA) is 87.7 Å². The van der Waals surface area contributed by atoms with E-state index in [9.17, 15) is 18.8 Å². The molecule has 174 valence electrons. The predicted octanol–water partition coefficient (Wildman–Crippen LogP) is 3.41. The van der Waals surface area contributed by atoms with E-state index in [1.165, 1.54) is 17.9 Å². The van der Waals surface area contributed by atoms with Crippen molar-refractivity contribution in [3.8, 4) is 11.1 Å². The molecule has 0 spiro atoms. The Hall–Kier alpha value is -3.42. The molecule has 2 aliphatic rings. The maximum absolute atomic E-state index is 14.9. The zero-order valence-corrected chi connectivity index (χ0v) is 18.6. The van der Waals surface area contributed by atoms with Crippen LogP contribution in [0, 0.1) is 11.7 Å². The number of hydrogen-bond acceptors (Lipinski definition) is 4. The van der Waals surface area contributed by atoms with Crippen molar-refractivity contribution < 1.29 is 23.5 Å². The monoisotopic (exact) mass is 453 g/mol. The highest BCUT2D eigenvalue weighted by Crippen LogP contribution is 2.29. The number of hydrogen-bond donors (Lipinski definition) is 2. The average molecular weight is 454 g/mol. The van der Waals surface area contributed by atoms with Gasteiger partial charge in [-0.05, 0) is 55.0 Å². The molecule has 2 heterocycles. The summed E-state index contributed by atoms with van der Waals surface area (Å²) in [5.41, 5.74) is 2.71. The number of rotatable bonds is 7. The largest absolute Gasteiger partial charge is 0.442 e. The first-order valence-corrected chi connectivity index (χ1v) is 11.3. The Morgan fingerprint density at radius 3 is 2.70 bits per heavy atom. The first-order valence-electron chi connectivity index (χ1n) is 11.3. The molecule has 2 aliphatic heterocycles. The minimum absolute atomic E-state index is 0.0681. The molecular weight excluding hydrogens is 425 g/mol. The number of ether oxygens (including phenoxy) is 1. The molecule has 2 aromatic carbocycles. The molecule has 0 unspecified atom stereocenters. The van der Waals surface area contributed by atoms with E-state index in [1.807, 2.05) is 24.3 Å². The molecule has 0 bridgehead atoms. The molecule has 2 N–H and O–H groups in total. The Labute approximate surface area is 192 Å². The first-order chi connectivity index (χ1) is 15.9. The molecule has 2 fully saturated rings. The van der Waals surface area contributed by atoms with Crippen LogP contribution in [-0.4, -0.2) is 43.6 Å². The van der Waals surface area contributed by atoms with Gasteiger partial charge in [-0.25, -0.2) is 9.18 Å². The lowest BCUT2D eigenvalue weighted by atomic mass is 9.91. The van der Waals surface area contributed by atoms with Crippen LogP contribution in [0.1, 0.15) is 31.7 Å². The standard InChI is InChI=1S/C25H28FN3O4/c1-16(30)28-14-21-15-29(25(32)33-21)20-10-11-22(23(26)13-20)18-7-4-17(5-8-18)6-9-19-3-2-12-27-24(19)31/h4-5,7-8,10-11,13,19,21H,2-3,6,9,12,14-15H2,1H3,(H,27,31)(H,28,30)/t19-,21+/m1/s1. The Morgan fingerprint density at radius 2 is 2.00 bits per heavy atom. The molecule has 0 aromatic heterocycles. The second-order valence-electron chi connectivity index (χ2n) is 8.58. The molecule has 3 amide bonds. The molecule has 0 saturated carbocycles. The van der Waals surface area contributed by atoms with Crippen molar-refractivity contribution in [2.24, 2.45) is 5.92 Å². The third kappa shape index (κ3) is 5.50. The first kappa shape index (κ1) is 22.8. The summed E-state index contributed by atoms with van der Waals surface area (Å²) >= 11 is 0. The van der Waals surface area contributed by atoms with E-state index in [-0.39, 0.29) is 30.8 Å². The van der Waals surface area contributed by atoms with Crippen LogP contribution in [0.15, 0.2) is 42.5 Å². The summed E-state index contributed by atoms with van der Waals surface area (Å²) in [6.45, 7) is 2.62. The second-order valence-corrected chi connectivity index (χ2v) is 8.58. The second kappa shape index (κ2) is 10.0. The van der Waals surface area contributed by atoms with Crippen molar-refractivity contribution >= 4 is 23.6 Å². The highest BCUT2D eigenvalue weighted by molar-refractivity contribution is 5.90. The Bertz CT molecular complexity index is 1040. The number of anilines is 1. The fourth-order valence-electron chi connectivity index (χ4n) is 4.31. The van der Waals surface area contributed by atoms with Crippen molar-refractivity contribution in [2.45, 2.75) is 38.7 Å². The zero-order chi connectivity index (χ0) is 23.4. The molecule has 2 aromatic rings. The van der Waals surface area contributed by atoms with Crippen LogP contribution in [0.25, 0.3) is 11.1 Å². The van der Waals surface area contributed by atoms with Crippen LogP contribution in [0.4, 0.5) is 14.9 Å². The highest BCUT2D eigenvalue weighted by Gasteiger charge is 2.32. The maximum Gasteiger partial charge on any atom is 0.414 e. The van der Waals surface area contributed by atoms with Crippen LogP contribution in [0.5, 0.6) is 0 Å². The molecule has 0 aliphatic carbocycles. The van der Waals surface area contributed by atoms with Crippen molar-refractivity contribution in [3.05, 3.63) is 53.8 Å². The molecule has 2 atom stereocenters. The summed E-state index contributed by atoms with van der Waals surface area (Å²) in [6.07, 6.45) is 2.53. The number of nitrogens with zero attached hydrogens (tertiary/aromatic N) is 1. The van der Waals surface area contributed by atoms with E-state index in [2.05, 4.69) is 10.6 Å². The number of piperidine rings is 1. The lowest BCUT2D eigenvalue weighted by Gasteiger charge is -2.21. The van der Waals surface area contributed by atoms with E-state index in [0.29, 0.717) is 11.3 Å². The summed E-state index contributed by atoms with van der Waals surface area (Å²) < 4.78 is 20.2. The van der Waals surface area contributed by atoms with Gasteiger partial charge in [-0.1, -0.05) is 24.3 Å². The summed E-state index contributed by atoms with van der Waals surface area (Å²) in [4.78, 5) is 36.5. The summed E-state index contributed by atoms with van der Waals surface area (Å²) in [5, 5.41) is 5.54. The van der Waals surface area contributed by atoms with Crippen LogP contribution in [0.2, 0.25) is 0 Å². The van der Waals surface area contributed by atoms with Gasteiger partial charge in [0.25, 0.3) is 0 Å². The maximum atomic E-state index is 14.9. The van der Waals surface area contributed by atoms with Crippen molar-refractivity contribution in [1.29, 1.82) is 0 Å². The quantitative estimate of drug-likeness (QED) is 0.673. The number of nitrogens with one attached hydrogen (secondary N) is 2. The van der Waals surface area contributed by atoms with E-state index in [1.54, 1.807) is 12.1 Å². The molecule has 7 nitrogen and oxygen atoms in total. The van der Waals surface area contributed by atoms with Gasteiger partial charge in [0.1, 0.15) is 11.9 Å². The van der Waals surface area contributed by atoms with E-state index in [0.717, 1.165) is 43.4 Å². The molecule has 8 heteroatoms. The van der Waals surface area contributed by atoms with Gasteiger partial charge >= 0.3 is 6.09 Å². The Balaban J connectivity index is 1.39. The van der Waals surface area contributed by atoms with Gasteiger partial charge in [-0.15, -0.1) is 0 Å². The van der Waals surface area contributed by atoms with Crippen molar-refractivity contribution in [3.63, 3.8) is 0 Å². The molecule has 2 saturated heterocycles. The number of carbonyl (C=O) groups excluding carboxylic acids is 3. The molecule has 0 radical (unpaired) electrons. The Morgan fingerprint density at radius 1 is 1.21 bits per heavy atom. The van der Waals surface area contributed by atoms with Gasteiger partial charge < -0.3 is 15.4 Å². The van der Waals surface area contributed by atoms with Crippen molar-refractivity contribution in [1.82, 2.24) is 10.6 Å². The third-order valence-corrected chi connectivity index (χ3v) is 6.16. The van der Waals surface area contributed by atoms with Crippen molar-refractivity contribution in [2.75, 3.05) is 24.5 Å². The molecule has 4 rings (SSSR count). The number of amides is 3. The van der Waals surface area contributed by atoms with Crippen LogP contribution < -0.4 is 15.5 Å². The van der Waals surface area contributed by atoms with Crippen LogP contribution in [-0.2, 0) is 20.7 Å². The van der Waals surface area contributed by atoms with Gasteiger partial charge in [0.2, 0.25) is 11.8 Å². The summed E-state index contributed by atoms with van der Waals surface area (Å²) in [5.74, 6) is -0.426. The van der Waals surface area contributed by atoms with E-state index >= 15 is 0 Å². The Kier molecular flexibility index (Phi) is 6.91. The lowest BCUT2D eigenvalue weighted by Crippen LogP contribution is -2.36. The zero-order valence-electron chi connectivity index (χ0n) is 18.6. The van der Waals surface area contributed by atoms with E-state index in [4.69, 9.17) is 4.74 Å². The van der Waals surface area contributed by atoms with Gasteiger partial charge in [0.05, 0.1) is 18.8 Å². The fourth-order valence-corrected chi connectivity index (χ4v) is 4.31.